The van der Waals surface area contributed by atoms with Crippen LogP contribution in [0.25, 0.3) is 17.0 Å². The van der Waals surface area contributed by atoms with Crippen molar-refractivity contribution in [3.8, 4) is 22.8 Å². The van der Waals surface area contributed by atoms with Crippen LogP contribution in [0.4, 0.5) is 5.69 Å². The lowest BCUT2D eigenvalue weighted by molar-refractivity contribution is 0.0988. The maximum atomic E-state index is 13.6. The number of aromatic nitrogens is 3. The number of amides is 1. The maximum Gasteiger partial charge on any atom is 0.277 e. The van der Waals surface area contributed by atoms with Gasteiger partial charge in [0.15, 0.2) is 11.5 Å². The summed E-state index contributed by atoms with van der Waals surface area (Å²) in [4.78, 5) is 24.0. The Morgan fingerprint density at radius 2 is 1.80 bits per heavy atom. The second-order valence-electron chi connectivity index (χ2n) is 6.51. The van der Waals surface area contributed by atoms with E-state index in [0.717, 1.165) is 5.56 Å². The summed E-state index contributed by atoms with van der Waals surface area (Å²) in [5, 5.41) is 0.607. The van der Waals surface area contributed by atoms with Crippen LogP contribution < -0.4 is 14.4 Å². The number of fused-ring (bicyclic) bond motifs is 1. The second kappa shape index (κ2) is 8.04. The number of hydrogen-bond acceptors (Lipinski definition) is 5. The average molecular weight is 423 g/mol. The molecule has 0 spiro atoms. The van der Waals surface area contributed by atoms with E-state index in [1.54, 1.807) is 74.5 Å². The topological polar surface area (TPSA) is 69.0 Å². The molecule has 4 aromatic rings. The van der Waals surface area contributed by atoms with Crippen molar-refractivity contribution in [2.75, 3.05) is 26.2 Å². The molecule has 0 aliphatic rings. The quantitative estimate of drug-likeness (QED) is 0.478. The highest BCUT2D eigenvalue weighted by molar-refractivity contribution is 6.30. The van der Waals surface area contributed by atoms with E-state index in [1.807, 2.05) is 12.1 Å². The molecule has 2 aromatic heterocycles. The highest BCUT2D eigenvalue weighted by Gasteiger charge is 2.25. The van der Waals surface area contributed by atoms with Gasteiger partial charge in [0.05, 0.1) is 14.2 Å². The molecule has 1 amide bonds. The lowest BCUT2D eigenvalue weighted by atomic mass is 10.1. The molecule has 0 aliphatic heterocycles. The van der Waals surface area contributed by atoms with Gasteiger partial charge in [0.1, 0.15) is 11.4 Å². The first-order valence-corrected chi connectivity index (χ1v) is 9.50. The number of carbonyl (C=O) groups excluding carboxylic acids is 1. The standard InChI is InChI=1S/C22H19ClN4O3/c1-26(16-9-10-17(29-2)18(13-16)30-3)21(28)20-19(14-5-7-15(23)8-6-14)25-22-24-11-4-12-27(20)22/h4-13H,1-3H3. The summed E-state index contributed by atoms with van der Waals surface area (Å²) in [6, 6.07) is 14.3. The summed E-state index contributed by atoms with van der Waals surface area (Å²) >= 11 is 6.03. The van der Waals surface area contributed by atoms with Gasteiger partial charge in [0, 0.05) is 41.8 Å². The van der Waals surface area contributed by atoms with E-state index >= 15 is 0 Å². The van der Waals surface area contributed by atoms with Crippen LogP contribution >= 0.6 is 11.6 Å². The van der Waals surface area contributed by atoms with Crippen LogP contribution in [0.2, 0.25) is 5.02 Å². The molecule has 30 heavy (non-hydrogen) atoms. The molecule has 0 N–H and O–H groups in total. The van der Waals surface area contributed by atoms with Gasteiger partial charge >= 0.3 is 0 Å². The van der Waals surface area contributed by atoms with E-state index in [-0.39, 0.29) is 5.91 Å². The van der Waals surface area contributed by atoms with Crippen LogP contribution in [0.15, 0.2) is 60.9 Å². The van der Waals surface area contributed by atoms with Gasteiger partial charge in [-0.25, -0.2) is 9.97 Å². The van der Waals surface area contributed by atoms with Crippen molar-refractivity contribution in [1.82, 2.24) is 14.4 Å². The first kappa shape index (κ1) is 19.7. The third-order valence-corrected chi connectivity index (χ3v) is 5.03. The third kappa shape index (κ3) is 3.44. The maximum absolute atomic E-state index is 13.6. The molecule has 0 unspecified atom stereocenters. The van der Waals surface area contributed by atoms with Gasteiger partial charge in [-0.3, -0.25) is 9.20 Å². The number of hydrogen-bond donors (Lipinski definition) is 0. The first-order valence-electron chi connectivity index (χ1n) is 9.12. The number of imidazole rings is 1. The van der Waals surface area contributed by atoms with E-state index in [2.05, 4.69) is 9.97 Å². The van der Waals surface area contributed by atoms with Crippen LogP contribution in [0, 0.1) is 0 Å². The molecule has 0 saturated heterocycles. The predicted octanol–water partition coefficient (Wildman–Crippen LogP) is 4.34. The number of benzene rings is 2. The van der Waals surface area contributed by atoms with Crippen LogP contribution in [-0.2, 0) is 0 Å². The van der Waals surface area contributed by atoms with Crippen molar-refractivity contribution in [1.29, 1.82) is 0 Å². The Kier molecular flexibility index (Phi) is 5.29. The van der Waals surface area contributed by atoms with Gasteiger partial charge in [-0.15, -0.1) is 0 Å². The predicted molar refractivity (Wildman–Crippen MR) is 116 cm³/mol. The van der Waals surface area contributed by atoms with Gasteiger partial charge < -0.3 is 14.4 Å². The number of methoxy groups -OCH3 is 2. The van der Waals surface area contributed by atoms with Crippen molar-refractivity contribution in [3.05, 3.63) is 71.6 Å². The van der Waals surface area contributed by atoms with Crippen molar-refractivity contribution >= 4 is 29.0 Å². The van der Waals surface area contributed by atoms with Gasteiger partial charge in [-0.1, -0.05) is 23.7 Å². The van der Waals surface area contributed by atoms with Crippen LogP contribution in [0.1, 0.15) is 10.5 Å². The summed E-state index contributed by atoms with van der Waals surface area (Å²) < 4.78 is 12.3. The Morgan fingerprint density at radius 1 is 1.07 bits per heavy atom. The molecular formula is C22H19ClN4O3. The lowest BCUT2D eigenvalue weighted by Crippen LogP contribution is -2.28. The van der Waals surface area contributed by atoms with E-state index in [1.165, 1.54) is 4.90 Å². The van der Waals surface area contributed by atoms with E-state index in [0.29, 0.717) is 39.4 Å². The van der Waals surface area contributed by atoms with E-state index in [4.69, 9.17) is 21.1 Å². The van der Waals surface area contributed by atoms with Gasteiger partial charge in [0.25, 0.3) is 5.91 Å². The normalized spacial score (nSPS) is 10.8. The van der Waals surface area contributed by atoms with E-state index < -0.39 is 0 Å². The minimum Gasteiger partial charge on any atom is -0.493 e. The SMILES string of the molecule is COc1ccc(N(C)C(=O)c2c(-c3ccc(Cl)cc3)nc3ncccn23)cc1OC. The number of anilines is 1. The summed E-state index contributed by atoms with van der Waals surface area (Å²) in [7, 11) is 4.82. The molecule has 0 fully saturated rings. The molecular weight excluding hydrogens is 404 g/mol. The molecule has 7 nitrogen and oxygen atoms in total. The molecule has 0 bridgehead atoms. The Bertz CT molecular complexity index is 1220. The van der Waals surface area contributed by atoms with Crippen LogP contribution in [0.3, 0.4) is 0 Å². The zero-order chi connectivity index (χ0) is 21.3. The van der Waals surface area contributed by atoms with Crippen LogP contribution in [0.5, 0.6) is 11.5 Å². The largest absolute Gasteiger partial charge is 0.493 e. The fourth-order valence-electron chi connectivity index (χ4n) is 3.21. The second-order valence-corrected chi connectivity index (χ2v) is 6.95. The summed E-state index contributed by atoms with van der Waals surface area (Å²) in [6.45, 7) is 0. The zero-order valence-electron chi connectivity index (χ0n) is 16.7. The molecule has 152 valence electrons. The smallest absolute Gasteiger partial charge is 0.277 e. The number of halogens is 1. The average Bonchev–Trinajstić information content (AvgIpc) is 3.17. The number of carbonyl (C=O) groups is 1. The van der Waals surface area contributed by atoms with Crippen molar-refractivity contribution in [2.45, 2.75) is 0 Å². The molecule has 0 aliphatic carbocycles. The van der Waals surface area contributed by atoms with Crippen LogP contribution in [-0.4, -0.2) is 41.5 Å². The Labute approximate surface area is 178 Å². The summed E-state index contributed by atoms with van der Waals surface area (Å²) in [5.74, 6) is 1.31. The summed E-state index contributed by atoms with van der Waals surface area (Å²) in [5.41, 5.74) is 2.35. The van der Waals surface area contributed by atoms with Crippen molar-refractivity contribution < 1.29 is 14.3 Å². The summed E-state index contributed by atoms with van der Waals surface area (Å²) in [6.07, 6.45) is 3.41. The fraction of sp³-hybridized carbons (Fsp3) is 0.136. The first-order chi connectivity index (χ1) is 14.5. The van der Waals surface area contributed by atoms with Crippen molar-refractivity contribution in [3.63, 3.8) is 0 Å². The molecule has 0 saturated carbocycles. The fourth-order valence-corrected chi connectivity index (χ4v) is 3.34. The zero-order valence-corrected chi connectivity index (χ0v) is 17.4. The monoisotopic (exact) mass is 422 g/mol. The Balaban J connectivity index is 1.83. The van der Waals surface area contributed by atoms with Gasteiger partial charge in [-0.2, -0.15) is 0 Å². The number of ether oxygens (including phenoxy) is 2. The number of nitrogens with zero attached hydrogens (tertiary/aromatic N) is 4. The van der Waals surface area contributed by atoms with Gasteiger partial charge in [0.2, 0.25) is 5.78 Å². The molecule has 0 radical (unpaired) electrons. The highest BCUT2D eigenvalue weighted by Crippen LogP contribution is 2.33. The van der Waals surface area contributed by atoms with Crippen molar-refractivity contribution in [2.24, 2.45) is 0 Å². The molecule has 4 rings (SSSR count). The Morgan fingerprint density at radius 3 is 2.50 bits per heavy atom. The molecule has 8 heteroatoms. The van der Waals surface area contributed by atoms with E-state index in [9.17, 15) is 4.79 Å². The molecule has 0 atom stereocenters. The van der Waals surface area contributed by atoms with Gasteiger partial charge in [-0.05, 0) is 30.3 Å². The lowest BCUT2D eigenvalue weighted by Gasteiger charge is -2.19. The minimum absolute atomic E-state index is 0.243. The number of rotatable bonds is 5. The third-order valence-electron chi connectivity index (χ3n) is 4.78. The minimum atomic E-state index is -0.243. The molecule has 2 aromatic carbocycles. The molecule has 2 heterocycles. The Hall–Kier alpha value is -3.58. The highest BCUT2D eigenvalue weighted by atomic mass is 35.5.